The minimum absolute atomic E-state index is 0.318. The monoisotopic (exact) mass is 350 g/mol. The van der Waals surface area contributed by atoms with Gasteiger partial charge in [0.2, 0.25) is 0 Å². The van der Waals surface area contributed by atoms with Gasteiger partial charge in [0.05, 0.1) is 19.0 Å². The summed E-state index contributed by atoms with van der Waals surface area (Å²) in [5, 5.41) is 10.9. The average molecular weight is 351 g/mol. The van der Waals surface area contributed by atoms with Gasteiger partial charge in [-0.25, -0.2) is 0 Å². The van der Waals surface area contributed by atoms with E-state index in [2.05, 4.69) is 21.9 Å². The van der Waals surface area contributed by atoms with Crippen LogP contribution in [0.2, 0.25) is 5.02 Å². The highest BCUT2D eigenvalue weighted by atomic mass is 35.5. The van der Waals surface area contributed by atoms with Crippen LogP contribution in [0.3, 0.4) is 0 Å². The Morgan fingerprint density at radius 1 is 1.12 bits per heavy atom. The number of furan rings is 1. The summed E-state index contributed by atoms with van der Waals surface area (Å²) in [6.45, 7) is 5.10. The lowest BCUT2D eigenvalue weighted by Crippen LogP contribution is -2.49. The topological polar surface area (TPSA) is 49.1 Å². The van der Waals surface area contributed by atoms with Crippen LogP contribution in [0, 0.1) is 0 Å². The van der Waals surface area contributed by atoms with Gasteiger partial charge in [-0.1, -0.05) is 11.6 Å². The minimum atomic E-state index is -0.484. The molecule has 1 unspecified atom stereocenters. The fourth-order valence-corrected chi connectivity index (χ4v) is 3.01. The third-order valence-electron chi connectivity index (χ3n) is 4.17. The van der Waals surface area contributed by atoms with Gasteiger partial charge in [-0.15, -0.1) is 0 Å². The first-order chi connectivity index (χ1) is 11.7. The highest BCUT2D eigenvalue weighted by Crippen LogP contribution is 2.19. The van der Waals surface area contributed by atoms with Crippen molar-refractivity contribution in [2.75, 3.05) is 44.2 Å². The van der Waals surface area contributed by atoms with Gasteiger partial charge in [-0.2, -0.15) is 0 Å². The molecule has 1 fully saturated rings. The number of hydrogen-bond donors (Lipinski definition) is 1. The summed E-state index contributed by atoms with van der Waals surface area (Å²) >= 11 is 5.93. The van der Waals surface area contributed by atoms with Crippen LogP contribution in [-0.4, -0.2) is 55.4 Å². The minimum Gasteiger partial charge on any atom is -0.467 e. The van der Waals surface area contributed by atoms with Crippen LogP contribution in [0.1, 0.15) is 5.76 Å². The summed E-state index contributed by atoms with van der Waals surface area (Å²) in [4.78, 5) is 4.61. The van der Waals surface area contributed by atoms with Crippen LogP contribution in [0.4, 0.5) is 5.69 Å². The molecule has 5 nitrogen and oxygen atoms in total. The van der Waals surface area contributed by atoms with Crippen molar-refractivity contribution in [3.63, 3.8) is 0 Å². The molecule has 3 rings (SSSR count). The van der Waals surface area contributed by atoms with Crippen LogP contribution in [0.15, 0.2) is 47.1 Å². The SMILES string of the molecule is OC(COCc1ccco1)CN1CCN(c2ccc(Cl)cc2)CC1. The summed E-state index contributed by atoms with van der Waals surface area (Å²) < 4.78 is 10.7. The standard InChI is InChI=1S/C18H23ClN2O3/c19-15-3-5-16(6-4-15)21-9-7-20(8-10-21)12-17(22)13-23-14-18-2-1-11-24-18/h1-6,11,17,22H,7-10,12-14H2. The Morgan fingerprint density at radius 3 is 2.54 bits per heavy atom. The van der Waals surface area contributed by atoms with E-state index in [1.165, 1.54) is 5.69 Å². The molecule has 24 heavy (non-hydrogen) atoms. The number of nitrogens with zero attached hydrogens (tertiary/aromatic N) is 2. The summed E-state index contributed by atoms with van der Waals surface area (Å²) in [5.41, 5.74) is 1.20. The van der Waals surface area contributed by atoms with Gasteiger partial charge in [0, 0.05) is 43.4 Å². The third kappa shape index (κ3) is 4.98. The number of halogens is 1. The molecule has 0 spiro atoms. The lowest BCUT2D eigenvalue weighted by molar-refractivity contribution is 0.00442. The number of benzene rings is 1. The average Bonchev–Trinajstić information content (AvgIpc) is 3.10. The largest absolute Gasteiger partial charge is 0.467 e. The Balaban J connectivity index is 1.36. The Hall–Kier alpha value is -1.53. The van der Waals surface area contributed by atoms with Crippen molar-refractivity contribution in [3.05, 3.63) is 53.4 Å². The molecule has 6 heteroatoms. The van der Waals surface area contributed by atoms with Gasteiger partial charge < -0.3 is 19.2 Å². The van der Waals surface area contributed by atoms with Gasteiger partial charge in [0.25, 0.3) is 0 Å². The molecule has 1 N–H and O–H groups in total. The molecule has 1 aromatic heterocycles. The summed E-state index contributed by atoms with van der Waals surface area (Å²) in [7, 11) is 0. The first-order valence-electron chi connectivity index (χ1n) is 8.22. The zero-order chi connectivity index (χ0) is 16.8. The number of anilines is 1. The number of ether oxygens (including phenoxy) is 1. The Bertz CT molecular complexity index is 595. The lowest BCUT2D eigenvalue weighted by Gasteiger charge is -2.36. The van der Waals surface area contributed by atoms with Gasteiger partial charge >= 0.3 is 0 Å². The maximum Gasteiger partial charge on any atom is 0.129 e. The Morgan fingerprint density at radius 2 is 1.88 bits per heavy atom. The van der Waals surface area contributed by atoms with Gasteiger partial charge in [-0.05, 0) is 36.4 Å². The Labute approximate surface area is 147 Å². The molecule has 0 bridgehead atoms. The molecule has 0 amide bonds. The van der Waals surface area contributed by atoms with Crippen molar-refractivity contribution < 1.29 is 14.3 Å². The molecule has 130 valence electrons. The molecule has 1 aliphatic heterocycles. The fourth-order valence-electron chi connectivity index (χ4n) is 2.88. The fraction of sp³-hybridized carbons (Fsp3) is 0.444. The highest BCUT2D eigenvalue weighted by Gasteiger charge is 2.19. The van der Waals surface area contributed by atoms with Gasteiger partial charge in [0.15, 0.2) is 0 Å². The molecule has 2 aromatic rings. The van der Waals surface area contributed by atoms with Crippen molar-refractivity contribution in [2.24, 2.45) is 0 Å². The second-order valence-electron chi connectivity index (χ2n) is 6.01. The predicted octanol–water partition coefficient (Wildman–Crippen LogP) is 2.63. The summed E-state index contributed by atoms with van der Waals surface area (Å²) in [5.74, 6) is 0.777. The molecule has 1 saturated heterocycles. The van der Waals surface area contributed by atoms with Crippen molar-refractivity contribution in [1.29, 1.82) is 0 Å². The summed E-state index contributed by atoms with van der Waals surface area (Å²) in [6, 6.07) is 11.6. The van der Waals surface area contributed by atoms with E-state index in [4.69, 9.17) is 20.8 Å². The molecule has 1 atom stereocenters. The van der Waals surface area contributed by atoms with E-state index in [1.807, 2.05) is 24.3 Å². The third-order valence-corrected chi connectivity index (χ3v) is 4.42. The highest BCUT2D eigenvalue weighted by molar-refractivity contribution is 6.30. The number of hydrogen-bond acceptors (Lipinski definition) is 5. The smallest absolute Gasteiger partial charge is 0.129 e. The molecular weight excluding hydrogens is 328 g/mol. The van der Waals surface area contributed by atoms with Crippen LogP contribution < -0.4 is 4.90 Å². The molecule has 0 saturated carbocycles. The van der Waals surface area contributed by atoms with Crippen LogP contribution in [0.25, 0.3) is 0 Å². The maximum absolute atomic E-state index is 10.1. The van der Waals surface area contributed by atoms with Crippen molar-refractivity contribution in [1.82, 2.24) is 4.90 Å². The first-order valence-corrected chi connectivity index (χ1v) is 8.59. The van der Waals surface area contributed by atoms with E-state index in [1.54, 1.807) is 6.26 Å². The summed E-state index contributed by atoms with van der Waals surface area (Å²) in [6.07, 6.45) is 1.14. The predicted molar refractivity (Wildman–Crippen MR) is 94.5 cm³/mol. The van der Waals surface area contributed by atoms with E-state index < -0.39 is 6.10 Å². The number of aliphatic hydroxyl groups is 1. The van der Waals surface area contributed by atoms with Crippen LogP contribution >= 0.6 is 11.6 Å². The van der Waals surface area contributed by atoms with Crippen molar-refractivity contribution >= 4 is 17.3 Å². The quantitative estimate of drug-likeness (QED) is 0.832. The molecule has 1 aromatic carbocycles. The van der Waals surface area contributed by atoms with E-state index >= 15 is 0 Å². The second-order valence-corrected chi connectivity index (χ2v) is 6.45. The molecule has 0 radical (unpaired) electrons. The number of piperazine rings is 1. The molecule has 1 aliphatic rings. The van der Waals surface area contributed by atoms with Gasteiger partial charge in [-0.3, -0.25) is 4.90 Å². The Kier molecular flexibility index (Phi) is 6.15. The molecule has 2 heterocycles. The number of aliphatic hydroxyl groups excluding tert-OH is 1. The van der Waals surface area contributed by atoms with Crippen molar-refractivity contribution in [3.8, 4) is 0 Å². The van der Waals surface area contributed by atoms with E-state index in [9.17, 15) is 5.11 Å². The zero-order valence-corrected chi connectivity index (χ0v) is 14.4. The lowest BCUT2D eigenvalue weighted by atomic mass is 10.2. The van der Waals surface area contributed by atoms with Crippen LogP contribution in [0.5, 0.6) is 0 Å². The second kappa shape index (κ2) is 8.53. The maximum atomic E-state index is 10.1. The zero-order valence-electron chi connectivity index (χ0n) is 13.6. The van der Waals surface area contributed by atoms with Crippen molar-refractivity contribution in [2.45, 2.75) is 12.7 Å². The van der Waals surface area contributed by atoms with Gasteiger partial charge in [0.1, 0.15) is 12.4 Å². The van der Waals surface area contributed by atoms with E-state index in [-0.39, 0.29) is 0 Å². The van der Waals surface area contributed by atoms with E-state index in [0.717, 1.165) is 37.0 Å². The number of rotatable bonds is 7. The molecule has 0 aliphatic carbocycles. The number of β-amino-alcohol motifs (C(OH)–C–C–N with tert-alkyl or cyclic N) is 1. The normalized spacial score (nSPS) is 17.2. The van der Waals surface area contributed by atoms with Crippen LogP contribution in [-0.2, 0) is 11.3 Å². The first kappa shape index (κ1) is 17.3. The van der Waals surface area contributed by atoms with E-state index in [0.29, 0.717) is 19.8 Å². The molecular formula is C18H23ClN2O3.